The van der Waals surface area contributed by atoms with E-state index < -0.39 is 18.0 Å². The molecular formula is C21H34N8O3. The van der Waals surface area contributed by atoms with Crippen LogP contribution in [0.5, 0.6) is 0 Å². The van der Waals surface area contributed by atoms with Gasteiger partial charge in [-0.05, 0) is 24.3 Å². The van der Waals surface area contributed by atoms with Gasteiger partial charge in [-0.3, -0.25) is 24.8 Å². The van der Waals surface area contributed by atoms with Crippen molar-refractivity contribution < 1.29 is 14.4 Å². The molecule has 0 fully saturated rings. The van der Waals surface area contributed by atoms with Gasteiger partial charge in [0.25, 0.3) is 0 Å². The summed E-state index contributed by atoms with van der Waals surface area (Å²) in [5, 5.41) is 15.6. The second-order valence-corrected chi connectivity index (χ2v) is 7.76. The van der Waals surface area contributed by atoms with Gasteiger partial charge in [0.15, 0.2) is 5.96 Å². The third-order valence-corrected chi connectivity index (χ3v) is 4.62. The number of hydrogen-bond acceptors (Lipinski definition) is 5. The van der Waals surface area contributed by atoms with Gasteiger partial charge in [0.1, 0.15) is 17.9 Å². The van der Waals surface area contributed by atoms with Crippen LogP contribution in [0.1, 0.15) is 44.7 Å². The number of hydrogen-bond donors (Lipinski definition) is 7. The number of guanidine groups is 1. The number of aliphatic imine (C=N–C) groups is 1. The van der Waals surface area contributed by atoms with Crippen LogP contribution >= 0.6 is 0 Å². The summed E-state index contributed by atoms with van der Waals surface area (Å²) in [6, 6.07) is 5.31. The number of rotatable bonds is 12. The van der Waals surface area contributed by atoms with Crippen LogP contribution in [0.4, 0.5) is 0 Å². The van der Waals surface area contributed by atoms with Crippen molar-refractivity contribution in [3.8, 4) is 0 Å². The van der Waals surface area contributed by atoms with E-state index in [1.807, 2.05) is 0 Å². The fraction of sp³-hybridized carbons (Fsp3) is 0.476. The molecule has 1 rings (SSSR count). The summed E-state index contributed by atoms with van der Waals surface area (Å²) in [7, 11) is 0. The monoisotopic (exact) mass is 446 g/mol. The van der Waals surface area contributed by atoms with Crippen molar-refractivity contribution >= 4 is 29.5 Å². The molecule has 10 N–H and O–H groups in total. The summed E-state index contributed by atoms with van der Waals surface area (Å²) < 4.78 is 0. The quantitative estimate of drug-likeness (QED) is 0.125. The zero-order chi connectivity index (χ0) is 24.3. The number of amides is 3. The third-order valence-electron chi connectivity index (χ3n) is 4.62. The van der Waals surface area contributed by atoms with Gasteiger partial charge >= 0.3 is 0 Å². The Labute approximate surface area is 188 Å². The number of amidine groups is 1. The summed E-state index contributed by atoms with van der Waals surface area (Å²) >= 11 is 0. The van der Waals surface area contributed by atoms with Gasteiger partial charge < -0.3 is 33.2 Å². The topological polar surface area (TPSA) is 202 Å². The molecule has 0 unspecified atom stereocenters. The van der Waals surface area contributed by atoms with Crippen LogP contribution in [-0.4, -0.2) is 48.1 Å². The largest absolute Gasteiger partial charge is 0.384 e. The van der Waals surface area contributed by atoms with Crippen molar-refractivity contribution in [2.45, 2.75) is 52.2 Å². The highest BCUT2D eigenvalue weighted by molar-refractivity contribution is 5.95. The average Bonchev–Trinajstić information content (AvgIpc) is 2.72. The fourth-order valence-electron chi connectivity index (χ4n) is 2.90. The minimum absolute atomic E-state index is 0.0389. The molecule has 0 aromatic heterocycles. The van der Waals surface area contributed by atoms with E-state index in [4.69, 9.17) is 22.6 Å². The first-order chi connectivity index (χ1) is 15.0. The Balaban J connectivity index is 2.84. The number of nitrogen functional groups attached to an aromatic ring is 1. The van der Waals surface area contributed by atoms with Crippen LogP contribution < -0.4 is 33.2 Å². The van der Waals surface area contributed by atoms with Crippen LogP contribution in [0.15, 0.2) is 29.3 Å². The van der Waals surface area contributed by atoms with Crippen molar-refractivity contribution in [1.82, 2.24) is 16.0 Å². The molecule has 1 aromatic rings. The maximum Gasteiger partial charge on any atom is 0.243 e. The van der Waals surface area contributed by atoms with E-state index in [9.17, 15) is 14.4 Å². The van der Waals surface area contributed by atoms with E-state index in [2.05, 4.69) is 20.9 Å². The molecule has 1 aromatic carbocycles. The molecule has 0 saturated carbocycles. The van der Waals surface area contributed by atoms with Crippen LogP contribution in [0, 0.1) is 11.3 Å². The normalized spacial score (nSPS) is 12.4. The molecule has 32 heavy (non-hydrogen) atoms. The van der Waals surface area contributed by atoms with E-state index in [1.165, 1.54) is 6.92 Å². The van der Waals surface area contributed by atoms with Crippen molar-refractivity contribution in [2.75, 3.05) is 6.54 Å². The van der Waals surface area contributed by atoms with Gasteiger partial charge in [-0.15, -0.1) is 0 Å². The molecule has 0 aliphatic heterocycles. The highest BCUT2D eigenvalue weighted by Gasteiger charge is 2.27. The summed E-state index contributed by atoms with van der Waals surface area (Å²) in [6.07, 6.45) is 0.776. The van der Waals surface area contributed by atoms with Gasteiger partial charge in [0.2, 0.25) is 17.7 Å². The van der Waals surface area contributed by atoms with Gasteiger partial charge in [0, 0.05) is 25.6 Å². The smallest absolute Gasteiger partial charge is 0.243 e. The zero-order valence-corrected chi connectivity index (χ0v) is 18.8. The number of nitrogens with one attached hydrogen (secondary N) is 4. The second kappa shape index (κ2) is 12.9. The number of carbonyl (C=O) groups excluding carboxylic acids is 3. The van der Waals surface area contributed by atoms with Crippen molar-refractivity contribution in [1.29, 1.82) is 5.41 Å². The highest BCUT2D eigenvalue weighted by Crippen LogP contribution is 2.07. The molecule has 0 bridgehead atoms. The van der Waals surface area contributed by atoms with Crippen molar-refractivity contribution in [3.63, 3.8) is 0 Å². The Morgan fingerprint density at radius 1 is 1.03 bits per heavy atom. The molecule has 0 spiro atoms. The lowest BCUT2D eigenvalue weighted by Gasteiger charge is -2.25. The van der Waals surface area contributed by atoms with Crippen LogP contribution in [0.25, 0.3) is 0 Å². The first-order valence-corrected chi connectivity index (χ1v) is 10.3. The molecule has 2 atom stereocenters. The Morgan fingerprint density at radius 3 is 2.16 bits per heavy atom. The number of carbonyl (C=O) groups is 3. The predicted molar refractivity (Wildman–Crippen MR) is 124 cm³/mol. The Bertz CT molecular complexity index is 832. The van der Waals surface area contributed by atoms with E-state index in [-0.39, 0.29) is 36.1 Å². The maximum absolute atomic E-state index is 12.8. The predicted octanol–water partition coefficient (Wildman–Crippen LogP) is -0.714. The molecule has 11 nitrogen and oxygen atoms in total. The minimum Gasteiger partial charge on any atom is -0.384 e. The van der Waals surface area contributed by atoms with Gasteiger partial charge in [-0.1, -0.05) is 38.1 Å². The zero-order valence-electron chi connectivity index (χ0n) is 18.8. The SMILES string of the molecule is CC(=O)N[C@H](C(=O)N[C@@H](CCCN=C(N)N)C(=O)NCc1ccc(C(=N)N)cc1)C(C)C. The molecule has 0 aliphatic carbocycles. The molecule has 11 heteroatoms. The molecule has 3 amide bonds. The van der Waals surface area contributed by atoms with E-state index in [0.717, 1.165) is 5.56 Å². The molecule has 0 saturated heterocycles. The van der Waals surface area contributed by atoms with Crippen molar-refractivity contribution in [3.05, 3.63) is 35.4 Å². The summed E-state index contributed by atoms with van der Waals surface area (Å²) in [5.41, 5.74) is 17.5. The van der Waals surface area contributed by atoms with E-state index in [1.54, 1.807) is 38.1 Å². The minimum atomic E-state index is -0.830. The highest BCUT2D eigenvalue weighted by atomic mass is 16.2. The van der Waals surface area contributed by atoms with Gasteiger partial charge in [-0.25, -0.2) is 0 Å². The van der Waals surface area contributed by atoms with Crippen molar-refractivity contribution in [2.24, 2.45) is 28.1 Å². The number of nitrogens with zero attached hydrogens (tertiary/aromatic N) is 1. The fourth-order valence-corrected chi connectivity index (χ4v) is 2.90. The Morgan fingerprint density at radius 2 is 1.66 bits per heavy atom. The lowest BCUT2D eigenvalue weighted by atomic mass is 10.0. The molecule has 176 valence electrons. The van der Waals surface area contributed by atoms with E-state index in [0.29, 0.717) is 24.9 Å². The summed E-state index contributed by atoms with van der Waals surface area (Å²) in [4.78, 5) is 40.9. The lowest BCUT2D eigenvalue weighted by Crippen LogP contribution is -2.55. The molecule has 0 radical (unpaired) electrons. The molecular weight excluding hydrogens is 412 g/mol. The molecule has 0 aliphatic rings. The molecule has 0 heterocycles. The van der Waals surface area contributed by atoms with Crippen LogP contribution in [0.2, 0.25) is 0 Å². The lowest BCUT2D eigenvalue weighted by molar-refractivity contribution is -0.132. The first-order valence-electron chi connectivity index (χ1n) is 10.3. The van der Waals surface area contributed by atoms with Crippen LogP contribution in [-0.2, 0) is 20.9 Å². The third kappa shape index (κ3) is 9.45. The van der Waals surface area contributed by atoms with Crippen LogP contribution in [0.3, 0.4) is 0 Å². The van der Waals surface area contributed by atoms with E-state index >= 15 is 0 Å². The Kier molecular flexibility index (Phi) is 10.7. The van der Waals surface area contributed by atoms with Gasteiger partial charge in [-0.2, -0.15) is 0 Å². The van der Waals surface area contributed by atoms with Gasteiger partial charge in [0.05, 0.1) is 0 Å². The standard InChI is InChI=1S/C21H34N8O3/c1-12(2)17(28-13(3)30)20(32)29-16(5-4-10-26-21(24)25)19(31)27-11-14-6-8-15(9-7-14)18(22)23/h6-9,12,16-17H,4-5,10-11H2,1-3H3,(H3,22,23)(H,27,31)(H,28,30)(H,29,32)(H4,24,25,26)/t16-,17-/m0/s1. The Hall–Kier alpha value is -3.63. The number of nitrogens with two attached hydrogens (primary N) is 3. The summed E-state index contributed by atoms with van der Waals surface area (Å²) in [6.45, 7) is 5.49. The maximum atomic E-state index is 12.8. The second-order valence-electron chi connectivity index (χ2n) is 7.76. The first kappa shape index (κ1) is 26.4. The number of benzene rings is 1. The summed E-state index contributed by atoms with van der Waals surface area (Å²) in [5.74, 6) is -1.39. The average molecular weight is 447 g/mol.